The first-order valence-electron chi connectivity index (χ1n) is 10.1. The van der Waals surface area contributed by atoms with Crippen LogP contribution in [0.1, 0.15) is 32.3 Å². The molecule has 6 heteroatoms. The summed E-state index contributed by atoms with van der Waals surface area (Å²) in [5.74, 6) is 2.10. The zero-order valence-electron chi connectivity index (χ0n) is 17.4. The Morgan fingerprint density at radius 1 is 0.931 bits per heavy atom. The van der Waals surface area contributed by atoms with Gasteiger partial charge in [0.25, 0.3) is 0 Å². The third kappa shape index (κ3) is 5.57. The summed E-state index contributed by atoms with van der Waals surface area (Å²) in [5, 5.41) is 4.30. The zero-order valence-corrected chi connectivity index (χ0v) is 17.4. The first-order valence-corrected chi connectivity index (χ1v) is 10.1. The summed E-state index contributed by atoms with van der Waals surface area (Å²) >= 11 is 0. The van der Waals surface area contributed by atoms with E-state index < -0.39 is 0 Å². The number of aromatic nitrogens is 2. The summed E-state index contributed by atoms with van der Waals surface area (Å²) in [6.07, 6.45) is 4.60. The van der Waals surface area contributed by atoms with Gasteiger partial charge in [0.2, 0.25) is 0 Å². The summed E-state index contributed by atoms with van der Waals surface area (Å²) in [7, 11) is 1.66. The van der Waals surface area contributed by atoms with Crippen molar-refractivity contribution in [3.8, 4) is 11.5 Å². The molecule has 6 nitrogen and oxygen atoms in total. The van der Waals surface area contributed by atoms with Gasteiger partial charge in [-0.05, 0) is 36.6 Å². The minimum atomic E-state index is 0.446. The Balaban J connectivity index is 1.94. The summed E-state index contributed by atoms with van der Waals surface area (Å²) < 4.78 is 17.0. The van der Waals surface area contributed by atoms with Gasteiger partial charge in [-0.15, -0.1) is 0 Å². The van der Waals surface area contributed by atoms with Crippen molar-refractivity contribution in [3.05, 3.63) is 48.3 Å². The van der Waals surface area contributed by atoms with Crippen molar-refractivity contribution in [2.45, 2.75) is 33.1 Å². The molecule has 0 amide bonds. The lowest BCUT2D eigenvalue weighted by molar-refractivity contribution is 0.143. The summed E-state index contributed by atoms with van der Waals surface area (Å²) in [4.78, 5) is 8.89. The number of rotatable bonds is 11. The average molecular weight is 396 g/mol. The fourth-order valence-electron chi connectivity index (χ4n) is 2.96. The van der Waals surface area contributed by atoms with E-state index in [-0.39, 0.29) is 0 Å². The molecule has 3 rings (SSSR count). The second-order valence-corrected chi connectivity index (χ2v) is 6.76. The number of fused-ring (bicyclic) bond motifs is 1. The molecule has 154 valence electrons. The third-order valence-corrected chi connectivity index (χ3v) is 4.60. The molecule has 0 bridgehead atoms. The molecule has 0 radical (unpaired) electrons. The van der Waals surface area contributed by atoms with Crippen LogP contribution in [0.3, 0.4) is 0 Å². The van der Waals surface area contributed by atoms with E-state index in [1.54, 1.807) is 13.4 Å². The number of nitrogens with one attached hydrogen (secondary N) is 1. The Labute approximate surface area is 172 Å². The van der Waals surface area contributed by atoms with E-state index >= 15 is 0 Å². The summed E-state index contributed by atoms with van der Waals surface area (Å²) in [6.45, 7) is 5.87. The van der Waals surface area contributed by atoms with Gasteiger partial charge in [0.1, 0.15) is 18.8 Å². The molecule has 0 unspecified atom stereocenters. The highest BCUT2D eigenvalue weighted by molar-refractivity contribution is 5.93. The van der Waals surface area contributed by atoms with Gasteiger partial charge in [-0.1, -0.05) is 32.4 Å². The standard InChI is InChI=1S/C23H29N3O3/c1-4-6-10-28-22-15-20-19(14-21(22)29-12-11-27-3)23(25-16-24-20)26-18-9-7-8-17(5-2)13-18/h7-9,13-16H,4-6,10-12H2,1-3H3,(H,24,25,26). The highest BCUT2D eigenvalue weighted by Gasteiger charge is 2.13. The van der Waals surface area contributed by atoms with Crippen LogP contribution in [0.4, 0.5) is 11.5 Å². The topological polar surface area (TPSA) is 65.5 Å². The molecule has 1 aromatic heterocycles. The molecule has 1 N–H and O–H groups in total. The van der Waals surface area contributed by atoms with Gasteiger partial charge in [0.05, 0.1) is 18.7 Å². The molecular formula is C23H29N3O3. The average Bonchev–Trinajstić information content (AvgIpc) is 2.75. The van der Waals surface area contributed by atoms with Crippen molar-refractivity contribution < 1.29 is 14.2 Å². The number of ether oxygens (including phenoxy) is 3. The summed E-state index contributed by atoms with van der Waals surface area (Å²) in [5.41, 5.74) is 3.07. The number of unbranched alkanes of at least 4 members (excludes halogenated alkanes) is 1. The van der Waals surface area contributed by atoms with Crippen molar-refractivity contribution in [3.63, 3.8) is 0 Å². The lowest BCUT2D eigenvalue weighted by Crippen LogP contribution is -2.07. The van der Waals surface area contributed by atoms with Crippen molar-refractivity contribution in [2.24, 2.45) is 0 Å². The van der Waals surface area contributed by atoms with Crippen molar-refractivity contribution in [1.82, 2.24) is 9.97 Å². The highest BCUT2D eigenvalue weighted by Crippen LogP contribution is 2.35. The smallest absolute Gasteiger partial charge is 0.163 e. The number of methoxy groups -OCH3 is 1. The first kappa shape index (κ1) is 20.9. The van der Waals surface area contributed by atoms with Crippen LogP contribution in [-0.2, 0) is 11.2 Å². The second kappa shape index (κ2) is 10.6. The minimum absolute atomic E-state index is 0.446. The zero-order chi connectivity index (χ0) is 20.5. The first-order chi connectivity index (χ1) is 14.2. The molecule has 0 spiro atoms. The number of anilines is 2. The molecule has 0 saturated carbocycles. The quantitative estimate of drug-likeness (QED) is 0.454. The molecule has 2 aromatic carbocycles. The van der Waals surface area contributed by atoms with Crippen molar-refractivity contribution in [1.29, 1.82) is 0 Å². The van der Waals surface area contributed by atoms with Gasteiger partial charge in [0, 0.05) is 24.2 Å². The number of hydrogen-bond donors (Lipinski definition) is 1. The Morgan fingerprint density at radius 3 is 2.55 bits per heavy atom. The van der Waals surface area contributed by atoms with Gasteiger partial charge < -0.3 is 19.5 Å². The predicted molar refractivity (Wildman–Crippen MR) is 116 cm³/mol. The molecule has 0 fully saturated rings. The lowest BCUT2D eigenvalue weighted by atomic mass is 10.1. The van der Waals surface area contributed by atoms with Crippen LogP contribution in [0.15, 0.2) is 42.7 Å². The number of aryl methyl sites for hydroxylation is 1. The molecule has 0 aliphatic rings. The van der Waals surface area contributed by atoms with Gasteiger partial charge in [-0.2, -0.15) is 0 Å². The minimum Gasteiger partial charge on any atom is -0.490 e. The van der Waals surface area contributed by atoms with Crippen LogP contribution in [0, 0.1) is 0 Å². The monoisotopic (exact) mass is 395 g/mol. The summed E-state index contributed by atoms with van der Waals surface area (Å²) in [6, 6.07) is 12.2. The van der Waals surface area contributed by atoms with E-state index in [4.69, 9.17) is 14.2 Å². The molecule has 1 heterocycles. The molecular weight excluding hydrogens is 366 g/mol. The van der Waals surface area contributed by atoms with Gasteiger partial charge >= 0.3 is 0 Å². The molecule has 29 heavy (non-hydrogen) atoms. The maximum Gasteiger partial charge on any atom is 0.163 e. The number of benzene rings is 2. The third-order valence-electron chi connectivity index (χ3n) is 4.60. The van der Waals surface area contributed by atoms with Gasteiger partial charge in [-0.3, -0.25) is 0 Å². The Bertz CT molecular complexity index is 930. The maximum absolute atomic E-state index is 5.96. The SMILES string of the molecule is CCCCOc1cc2ncnc(Nc3cccc(CC)c3)c2cc1OCCOC. The normalized spacial score (nSPS) is 10.9. The van der Waals surface area contributed by atoms with Crippen molar-refractivity contribution in [2.75, 3.05) is 32.2 Å². The van der Waals surface area contributed by atoms with Crippen LogP contribution in [0.25, 0.3) is 10.9 Å². The van der Waals surface area contributed by atoms with E-state index in [0.29, 0.717) is 31.3 Å². The largest absolute Gasteiger partial charge is 0.490 e. The van der Waals surface area contributed by atoms with E-state index in [1.165, 1.54) is 5.56 Å². The molecule has 0 atom stereocenters. The maximum atomic E-state index is 5.96. The van der Waals surface area contributed by atoms with Crippen LogP contribution < -0.4 is 14.8 Å². The van der Waals surface area contributed by atoms with Crippen LogP contribution >= 0.6 is 0 Å². The Kier molecular flexibility index (Phi) is 7.64. The second-order valence-electron chi connectivity index (χ2n) is 6.76. The number of nitrogens with zero attached hydrogens (tertiary/aromatic N) is 2. The molecule has 0 aliphatic carbocycles. The van der Waals surface area contributed by atoms with E-state index in [9.17, 15) is 0 Å². The fourth-order valence-corrected chi connectivity index (χ4v) is 2.96. The Morgan fingerprint density at radius 2 is 1.76 bits per heavy atom. The van der Waals surface area contributed by atoms with Gasteiger partial charge in [0.15, 0.2) is 11.5 Å². The molecule has 0 saturated heterocycles. The van der Waals surface area contributed by atoms with Crippen LogP contribution in [0.5, 0.6) is 11.5 Å². The van der Waals surface area contributed by atoms with Crippen LogP contribution in [0.2, 0.25) is 0 Å². The Hall–Kier alpha value is -2.86. The molecule has 0 aliphatic heterocycles. The molecule has 3 aromatic rings. The van der Waals surface area contributed by atoms with Gasteiger partial charge in [-0.25, -0.2) is 9.97 Å². The predicted octanol–water partition coefficient (Wildman–Crippen LogP) is 5.14. The number of hydrogen-bond acceptors (Lipinski definition) is 6. The highest BCUT2D eigenvalue weighted by atomic mass is 16.5. The van der Waals surface area contributed by atoms with Crippen molar-refractivity contribution >= 4 is 22.4 Å². The van der Waals surface area contributed by atoms with Crippen LogP contribution in [-0.4, -0.2) is 36.9 Å². The fraction of sp³-hybridized carbons (Fsp3) is 0.391. The lowest BCUT2D eigenvalue weighted by Gasteiger charge is -2.15. The van der Waals surface area contributed by atoms with E-state index in [1.807, 2.05) is 24.3 Å². The van der Waals surface area contributed by atoms with E-state index in [0.717, 1.165) is 41.7 Å². The van der Waals surface area contributed by atoms with E-state index in [2.05, 4.69) is 41.3 Å².